The van der Waals surface area contributed by atoms with E-state index in [0.717, 1.165) is 31.6 Å². The van der Waals surface area contributed by atoms with Crippen LogP contribution >= 0.6 is 0 Å². The lowest BCUT2D eigenvalue weighted by molar-refractivity contribution is -0.124. The zero-order valence-electron chi connectivity index (χ0n) is 14.9. The molecule has 138 valence electrons. The number of rotatable bonds is 7. The second-order valence-corrected chi connectivity index (χ2v) is 6.90. The Morgan fingerprint density at radius 2 is 2.32 bits per heavy atom. The highest BCUT2D eigenvalue weighted by Crippen LogP contribution is 2.20. The van der Waals surface area contributed by atoms with Gasteiger partial charge in [0, 0.05) is 43.9 Å². The van der Waals surface area contributed by atoms with E-state index in [4.69, 9.17) is 4.74 Å². The Hall–Kier alpha value is -1.74. The fourth-order valence-electron chi connectivity index (χ4n) is 3.25. The third-order valence-electron chi connectivity index (χ3n) is 4.72. The molecule has 3 heterocycles. The van der Waals surface area contributed by atoms with Crippen molar-refractivity contribution in [1.29, 1.82) is 0 Å². The minimum atomic E-state index is -0.199. The van der Waals surface area contributed by atoms with Crippen molar-refractivity contribution in [3.8, 4) is 5.88 Å². The van der Waals surface area contributed by atoms with Crippen molar-refractivity contribution < 1.29 is 9.53 Å². The van der Waals surface area contributed by atoms with Gasteiger partial charge in [0.2, 0.25) is 11.8 Å². The average molecular weight is 348 g/mol. The van der Waals surface area contributed by atoms with Crippen molar-refractivity contribution in [2.24, 2.45) is 5.92 Å². The van der Waals surface area contributed by atoms with Gasteiger partial charge in [-0.05, 0) is 38.7 Å². The van der Waals surface area contributed by atoms with Crippen LogP contribution in [0.5, 0.6) is 5.88 Å². The topological polar surface area (TPSA) is 90.5 Å². The number of carbonyl (C=O) groups is 1. The van der Waals surface area contributed by atoms with Crippen molar-refractivity contribution in [3.63, 3.8) is 0 Å². The first kappa shape index (κ1) is 18.1. The van der Waals surface area contributed by atoms with E-state index in [9.17, 15) is 4.79 Å². The number of hydrogen-bond acceptors (Lipinski definition) is 7. The molecule has 0 saturated carbocycles. The van der Waals surface area contributed by atoms with Gasteiger partial charge >= 0.3 is 0 Å². The lowest BCUT2D eigenvalue weighted by Gasteiger charge is -2.27. The number of nitrogens with zero attached hydrogens (tertiary/aromatic N) is 2. The molecule has 3 unspecified atom stereocenters. The smallest absolute Gasteiger partial charge is 0.239 e. The highest BCUT2D eigenvalue weighted by atomic mass is 16.5. The zero-order valence-corrected chi connectivity index (χ0v) is 14.9. The third kappa shape index (κ3) is 4.88. The minimum absolute atomic E-state index is 0.0237. The highest BCUT2D eigenvalue weighted by Gasteiger charge is 2.40. The molecule has 0 bridgehead atoms. The van der Waals surface area contributed by atoms with Crippen LogP contribution in [0.2, 0.25) is 0 Å². The number of likely N-dealkylation sites (N-methyl/N-ethyl adjacent to an activating group) is 1. The van der Waals surface area contributed by atoms with E-state index in [0.29, 0.717) is 25.1 Å². The summed E-state index contributed by atoms with van der Waals surface area (Å²) in [5.74, 6) is 0.900. The molecule has 2 aliphatic rings. The van der Waals surface area contributed by atoms with Gasteiger partial charge in [-0.25, -0.2) is 10.4 Å². The number of amides is 1. The molecule has 2 fully saturated rings. The van der Waals surface area contributed by atoms with Crippen LogP contribution < -0.4 is 26.2 Å². The molecule has 3 atom stereocenters. The number of aromatic nitrogens is 1. The van der Waals surface area contributed by atoms with E-state index in [-0.39, 0.29) is 17.9 Å². The first-order chi connectivity index (χ1) is 12.1. The molecule has 8 heteroatoms. The van der Waals surface area contributed by atoms with Crippen molar-refractivity contribution >= 4 is 5.91 Å². The fraction of sp³-hybridized carbons (Fsp3) is 0.647. The number of hydrazine groups is 1. The van der Waals surface area contributed by atoms with E-state index in [1.54, 1.807) is 6.20 Å². The summed E-state index contributed by atoms with van der Waals surface area (Å²) in [6.45, 7) is 3.75. The number of hydrogen-bond donors (Lipinski definition) is 4. The zero-order chi connectivity index (χ0) is 17.6. The monoisotopic (exact) mass is 348 g/mol. The molecule has 1 aromatic rings. The molecule has 8 nitrogen and oxygen atoms in total. The van der Waals surface area contributed by atoms with Crippen molar-refractivity contribution in [1.82, 2.24) is 31.4 Å². The molecule has 0 aromatic carbocycles. The lowest BCUT2D eigenvalue weighted by atomic mass is 9.89. The second-order valence-electron chi connectivity index (χ2n) is 6.90. The van der Waals surface area contributed by atoms with E-state index in [1.807, 2.05) is 26.2 Å². The molecule has 4 N–H and O–H groups in total. The highest BCUT2D eigenvalue weighted by molar-refractivity contribution is 5.82. The van der Waals surface area contributed by atoms with Crippen LogP contribution in [0.1, 0.15) is 12.0 Å². The van der Waals surface area contributed by atoms with E-state index < -0.39 is 0 Å². The van der Waals surface area contributed by atoms with Crippen LogP contribution in [0.4, 0.5) is 0 Å². The number of pyridine rings is 1. The number of nitrogens with one attached hydrogen (secondary N) is 4. The van der Waals surface area contributed by atoms with Gasteiger partial charge in [0.1, 0.15) is 12.6 Å². The Labute approximate surface area is 148 Å². The average Bonchev–Trinajstić information content (AvgIpc) is 3.04. The van der Waals surface area contributed by atoms with Crippen molar-refractivity contribution in [3.05, 3.63) is 23.9 Å². The SMILES string of the molecule is CN(C)CCOc1cc(CNC(=O)C2NNC3CCNCC32)ccn1. The number of carbonyl (C=O) groups excluding carboxylic acids is 1. The molecule has 0 spiro atoms. The summed E-state index contributed by atoms with van der Waals surface area (Å²) in [6, 6.07) is 3.94. The summed E-state index contributed by atoms with van der Waals surface area (Å²) in [7, 11) is 4.00. The van der Waals surface area contributed by atoms with Crippen molar-refractivity contribution in [2.45, 2.75) is 25.0 Å². The molecule has 3 rings (SSSR count). The summed E-state index contributed by atoms with van der Waals surface area (Å²) < 4.78 is 5.64. The van der Waals surface area contributed by atoms with Gasteiger partial charge in [-0.15, -0.1) is 0 Å². The normalized spacial score (nSPS) is 25.6. The Balaban J connectivity index is 1.48. The quantitative estimate of drug-likeness (QED) is 0.507. The van der Waals surface area contributed by atoms with E-state index >= 15 is 0 Å². The van der Waals surface area contributed by atoms with Gasteiger partial charge < -0.3 is 20.3 Å². The van der Waals surface area contributed by atoms with Crippen LogP contribution in [0, 0.1) is 5.92 Å². The first-order valence-corrected chi connectivity index (χ1v) is 8.85. The molecule has 2 saturated heterocycles. The maximum Gasteiger partial charge on any atom is 0.239 e. The van der Waals surface area contributed by atoms with E-state index in [2.05, 4.69) is 31.4 Å². The Morgan fingerprint density at radius 1 is 1.44 bits per heavy atom. The number of fused-ring (bicyclic) bond motifs is 1. The van der Waals surface area contributed by atoms with Crippen LogP contribution in [0.3, 0.4) is 0 Å². The molecular weight excluding hydrogens is 320 g/mol. The van der Waals surface area contributed by atoms with Crippen LogP contribution in [0.15, 0.2) is 18.3 Å². The molecule has 0 radical (unpaired) electrons. The number of ether oxygens (including phenoxy) is 1. The van der Waals surface area contributed by atoms with Gasteiger partial charge in [-0.1, -0.05) is 0 Å². The Kier molecular flexibility index (Phi) is 6.19. The molecule has 1 aromatic heterocycles. The molecule has 1 amide bonds. The standard InChI is InChI=1S/C17H28N6O2/c1-23(2)7-8-25-15-9-12(3-6-19-15)10-20-17(24)16-13-11-18-5-4-14(13)21-22-16/h3,6,9,13-14,16,18,21-22H,4-5,7-8,10-11H2,1-2H3,(H,20,24). The molecule has 25 heavy (non-hydrogen) atoms. The van der Waals surface area contributed by atoms with Gasteiger partial charge in [0.25, 0.3) is 0 Å². The Bertz CT molecular complexity index is 582. The summed E-state index contributed by atoms with van der Waals surface area (Å²) in [6.07, 6.45) is 2.75. The summed E-state index contributed by atoms with van der Waals surface area (Å²) >= 11 is 0. The van der Waals surface area contributed by atoms with Crippen LogP contribution in [-0.2, 0) is 11.3 Å². The lowest BCUT2D eigenvalue weighted by Crippen LogP contribution is -2.49. The molecular formula is C17H28N6O2. The van der Waals surface area contributed by atoms with Crippen LogP contribution in [0.25, 0.3) is 0 Å². The summed E-state index contributed by atoms with van der Waals surface area (Å²) in [5, 5.41) is 6.38. The predicted molar refractivity (Wildman–Crippen MR) is 95.0 cm³/mol. The first-order valence-electron chi connectivity index (χ1n) is 8.85. The predicted octanol–water partition coefficient (Wildman–Crippen LogP) is -0.907. The van der Waals surface area contributed by atoms with Gasteiger partial charge in [-0.2, -0.15) is 0 Å². The second kappa shape index (κ2) is 8.57. The summed E-state index contributed by atoms with van der Waals surface area (Å²) in [4.78, 5) is 18.8. The van der Waals surface area contributed by atoms with Gasteiger partial charge in [0.15, 0.2) is 0 Å². The van der Waals surface area contributed by atoms with Crippen LogP contribution in [-0.4, -0.2) is 68.2 Å². The molecule has 0 aliphatic carbocycles. The van der Waals surface area contributed by atoms with E-state index in [1.165, 1.54) is 0 Å². The summed E-state index contributed by atoms with van der Waals surface area (Å²) in [5.41, 5.74) is 7.36. The fourth-order valence-corrected chi connectivity index (χ4v) is 3.25. The largest absolute Gasteiger partial charge is 0.476 e. The minimum Gasteiger partial charge on any atom is -0.476 e. The number of piperidine rings is 1. The molecule has 2 aliphatic heterocycles. The Morgan fingerprint density at radius 3 is 3.16 bits per heavy atom. The third-order valence-corrected chi connectivity index (χ3v) is 4.72. The van der Waals surface area contributed by atoms with Gasteiger partial charge in [0.05, 0.1) is 0 Å². The maximum absolute atomic E-state index is 12.5. The van der Waals surface area contributed by atoms with Crippen molar-refractivity contribution in [2.75, 3.05) is 40.3 Å². The maximum atomic E-state index is 12.5. The van der Waals surface area contributed by atoms with Gasteiger partial charge in [-0.3, -0.25) is 10.2 Å².